The van der Waals surface area contributed by atoms with Crippen LogP contribution >= 0.6 is 0 Å². The minimum absolute atomic E-state index is 0.183. The number of carbonyl (C=O) groups is 2. The molecule has 0 spiro atoms. The van der Waals surface area contributed by atoms with Gasteiger partial charge >= 0.3 is 5.97 Å². The Morgan fingerprint density at radius 2 is 1.63 bits per heavy atom. The van der Waals surface area contributed by atoms with Gasteiger partial charge in [-0.15, -0.1) is 0 Å². The number of nitrogens with one attached hydrogen (secondary N) is 1. The van der Waals surface area contributed by atoms with Gasteiger partial charge in [0.15, 0.2) is 0 Å². The highest BCUT2D eigenvalue weighted by Crippen LogP contribution is 2.38. The molecule has 1 fully saturated rings. The number of aliphatic carboxylic acids is 1. The summed E-state index contributed by atoms with van der Waals surface area (Å²) < 4.78 is 11.0. The van der Waals surface area contributed by atoms with Crippen LogP contribution in [0.2, 0.25) is 0 Å². The Hall–Kier alpha value is -4.00. The lowest BCUT2D eigenvalue weighted by Gasteiger charge is -2.27. The number of hydrogen-bond donors (Lipinski definition) is 2. The highest BCUT2D eigenvalue weighted by Gasteiger charge is 2.33. The molecule has 2 N–H and O–H groups in total. The van der Waals surface area contributed by atoms with Crippen molar-refractivity contribution >= 4 is 17.6 Å². The molecule has 0 aliphatic carbocycles. The third-order valence-electron chi connectivity index (χ3n) is 6.37. The molecule has 35 heavy (non-hydrogen) atoms. The van der Waals surface area contributed by atoms with Crippen molar-refractivity contribution in [3.05, 3.63) is 78.4 Å². The van der Waals surface area contributed by atoms with Crippen LogP contribution in [0, 0.1) is 0 Å². The minimum Gasteiger partial charge on any atom is -0.496 e. The largest absolute Gasteiger partial charge is 0.496 e. The Morgan fingerprint density at radius 1 is 0.971 bits per heavy atom. The first-order chi connectivity index (χ1) is 17.0. The van der Waals surface area contributed by atoms with Crippen LogP contribution in [0.4, 0.5) is 5.69 Å². The van der Waals surface area contributed by atoms with Crippen LogP contribution in [0.5, 0.6) is 11.5 Å². The predicted molar refractivity (Wildman–Crippen MR) is 135 cm³/mol. The van der Waals surface area contributed by atoms with Gasteiger partial charge in [-0.2, -0.15) is 0 Å². The molecule has 3 aromatic rings. The molecule has 0 unspecified atom stereocenters. The van der Waals surface area contributed by atoms with Gasteiger partial charge in [0.2, 0.25) is 5.91 Å². The summed E-state index contributed by atoms with van der Waals surface area (Å²) in [6.45, 7) is 0.772. The molecule has 3 aromatic carbocycles. The predicted octanol–water partition coefficient (Wildman–Crippen LogP) is 4.15. The number of ether oxygens (including phenoxy) is 2. The number of carboxylic acid groups (broad SMARTS) is 1. The fraction of sp³-hybridized carbons (Fsp3) is 0.286. The number of methoxy groups -OCH3 is 2. The number of amides is 1. The van der Waals surface area contributed by atoms with E-state index < -0.39 is 12.0 Å². The van der Waals surface area contributed by atoms with Gasteiger partial charge < -0.3 is 24.8 Å². The van der Waals surface area contributed by atoms with Gasteiger partial charge in [-0.05, 0) is 48.2 Å². The number of benzene rings is 3. The summed E-state index contributed by atoms with van der Waals surface area (Å²) in [5, 5.41) is 12.6. The van der Waals surface area contributed by atoms with E-state index in [9.17, 15) is 14.7 Å². The molecule has 2 atom stereocenters. The molecule has 1 saturated heterocycles. The van der Waals surface area contributed by atoms with Crippen molar-refractivity contribution in [2.24, 2.45) is 0 Å². The van der Waals surface area contributed by atoms with Crippen molar-refractivity contribution in [3.8, 4) is 22.6 Å². The molecule has 1 aliphatic rings. The number of hydrogen-bond acceptors (Lipinski definition) is 5. The van der Waals surface area contributed by atoms with Crippen LogP contribution in [0.25, 0.3) is 11.1 Å². The molecule has 0 aromatic heterocycles. The summed E-state index contributed by atoms with van der Waals surface area (Å²) in [7, 11) is 3.21. The topological polar surface area (TPSA) is 88.1 Å². The van der Waals surface area contributed by atoms with Crippen LogP contribution in [0.3, 0.4) is 0 Å². The minimum atomic E-state index is -1.06. The first kappa shape index (κ1) is 24.1. The molecule has 4 rings (SSSR count). The lowest BCUT2D eigenvalue weighted by molar-refractivity contribution is -0.141. The van der Waals surface area contributed by atoms with Crippen LogP contribution < -0.4 is 19.7 Å². The third kappa shape index (κ3) is 5.40. The van der Waals surface area contributed by atoms with Crippen molar-refractivity contribution in [2.75, 3.05) is 25.7 Å². The Labute approximate surface area is 205 Å². The molecule has 0 radical (unpaired) electrons. The Balaban J connectivity index is 1.48. The zero-order valence-electron chi connectivity index (χ0n) is 19.9. The van der Waals surface area contributed by atoms with Crippen molar-refractivity contribution in [2.45, 2.75) is 31.3 Å². The molecule has 1 amide bonds. The number of carbonyl (C=O) groups excluding carboxylic acids is 1. The van der Waals surface area contributed by atoms with Crippen LogP contribution in [-0.2, 0) is 16.0 Å². The Bertz CT molecular complexity index is 1140. The van der Waals surface area contributed by atoms with E-state index in [1.807, 2.05) is 77.7 Å². The van der Waals surface area contributed by atoms with Gasteiger partial charge in [0.05, 0.1) is 19.8 Å². The van der Waals surface area contributed by atoms with Crippen molar-refractivity contribution in [1.82, 2.24) is 5.32 Å². The number of anilines is 1. The monoisotopic (exact) mass is 474 g/mol. The molecular weight excluding hydrogens is 444 g/mol. The molecule has 0 bridgehead atoms. The van der Waals surface area contributed by atoms with E-state index in [-0.39, 0.29) is 18.4 Å². The second-order valence-electron chi connectivity index (χ2n) is 8.52. The molecule has 7 nitrogen and oxygen atoms in total. The number of para-hydroxylation sites is 1. The van der Waals surface area contributed by atoms with Gasteiger partial charge in [-0.3, -0.25) is 4.79 Å². The lowest BCUT2D eigenvalue weighted by Crippen LogP contribution is -2.50. The second kappa shape index (κ2) is 11.0. The highest BCUT2D eigenvalue weighted by molar-refractivity contribution is 5.90. The molecule has 0 saturated carbocycles. The molecule has 182 valence electrons. The Kier molecular flexibility index (Phi) is 7.55. The second-order valence-corrected chi connectivity index (χ2v) is 8.52. The van der Waals surface area contributed by atoms with Crippen molar-refractivity contribution < 1.29 is 24.2 Å². The summed E-state index contributed by atoms with van der Waals surface area (Å²) in [4.78, 5) is 27.1. The van der Waals surface area contributed by atoms with Gasteiger partial charge in [0, 0.05) is 18.7 Å². The smallest absolute Gasteiger partial charge is 0.326 e. The van der Waals surface area contributed by atoms with Crippen LogP contribution in [-0.4, -0.2) is 49.8 Å². The van der Waals surface area contributed by atoms with Crippen molar-refractivity contribution in [3.63, 3.8) is 0 Å². The van der Waals surface area contributed by atoms with E-state index in [2.05, 4.69) is 5.32 Å². The van der Waals surface area contributed by atoms with E-state index >= 15 is 0 Å². The normalized spacial score (nSPS) is 15.9. The fourth-order valence-electron chi connectivity index (χ4n) is 4.61. The lowest BCUT2D eigenvalue weighted by atomic mass is 9.99. The first-order valence-electron chi connectivity index (χ1n) is 11.7. The SMILES string of the molecule is COc1cccc(OC)c1-c1ccc(C[C@H](NC(=O)[C@@H]2CCCN2c2ccccc2)C(=O)O)cc1. The van der Waals surface area contributed by atoms with E-state index in [1.54, 1.807) is 14.2 Å². The van der Waals surface area contributed by atoms with Gasteiger partial charge in [0.1, 0.15) is 23.6 Å². The molecular formula is C28H30N2O5. The maximum atomic E-state index is 13.1. The van der Waals surface area contributed by atoms with E-state index in [1.165, 1.54) is 0 Å². The zero-order valence-corrected chi connectivity index (χ0v) is 19.9. The average Bonchev–Trinajstić information content (AvgIpc) is 3.39. The zero-order chi connectivity index (χ0) is 24.8. The Morgan fingerprint density at radius 3 is 2.23 bits per heavy atom. The average molecular weight is 475 g/mol. The maximum absolute atomic E-state index is 13.1. The summed E-state index contributed by atoms with van der Waals surface area (Å²) in [6, 6.07) is 21.5. The summed E-state index contributed by atoms with van der Waals surface area (Å²) >= 11 is 0. The standard InChI is InChI=1S/C28H30N2O5/c1-34-24-11-6-12-25(35-2)26(24)20-15-13-19(14-16-20)18-22(28(32)33)29-27(31)23-10-7-17-30(23)21-8-4-3-5-9-21/h3-6,8-9,11-16,22-23H,7,10,17-18H2,1-2H3,(H,29,31)(H,32,33)/t22-,23-/m0/s1. The van der Waals surface area contributed by atoms with Gasteiger partial charge in [0.25, 0.3) is 0 Å². The van der Waals surface area contributed by atoms with E-state index in [0.29, 0.717) is 17.9 Å². The number of nitrogens with zero attached hydrogens (tertiary/aromatic N) is 1. The molecule has 1 heterocycles. The van der Waals surface area contributed by atoms with Gasteiger partial charge in [-0.25, -0.2) is 4.79 Å². The molecule has 1 aliphatic heterocycles. The summed E-state index contributed by atoms with van der Waals surface area (Å²) in [6.07, 6.45) is 1.77. The maximum Gasteiger partial charge on any atom is 0.326 e. The summed E-state index contributed by atoms with van der Waals surface area (Å²) in [5.41, 5.74) is 3.50. The fourth-order valence-corrected chi connectivity index (χ4v) is 4.61. The van der Waals surface area contributed by atoms with Crippen molar-refractivity contribution in [1.29, 1.82) is 0 Å². The number of rotatable bonds is 9. The summed E-state index contributed by atoms with van der Waals surface area (Å²) in [5.74, 6) is 0.0619. The van der Waals surface area contributed by atoms with Gasteiger partial charge in [-0.1, -0.05) is 48.5 Å². The van der Waals surface area contributed by atoms with Crippen LogP contribution in [0.1, 0.15) is 18.4 Å². The highest BCUT2D eigenvalue weighted by atomic mass is 16.5. The first-order valence-corrected chi connectivity index (χ1v) is 11.7. The third-order valence-corrected chi connectivity index (χ3v) is 6.37. The van der Waals surface area contributed by atoms with Crippen LogP contribution in [0.15, 0.2) is 72.8 Å². The van der Waals surface area contributed by atoms with E-state index in [0.717, 1.165) is 35.3 Å². The number of carboxylic acids is 1. The quantitative estimate of drug-likeness (QED) is 0.484. The van der Waals surface area contributed by atoms with E-state index in [4.69, 9.17) is 9.47 Å². The molecule has 7 heteroatoms.